The van der Waals surface area contributed by atoms with E-state index in [2.05, 4.69) is 0 Å². The van der Waals surface area contributed by atoms with Crippen LogP contribution in [0.3, 0.4) is 0 Å². The number of rotatable bonds is 4. The third kappa shape index (κ3) is 3.44. The first kappa shape index (κ1) is 17.2. The van der Waals surface area contributed by atoms with Crippen LogP contribution in [0, 0.1) is 10.1 Å². The van der Waals surface area contributed by atoms with E-state index < -0.39 is 29.3 Å². The van der Waals surface area contributed by atoms with Crippen LogP contribution in [0.5, 0.6) is 11.5 Å². The third-order valence-corrected chi connectivity index (χ3v) is 4.37. The molecular weight excluding hydrogens is 346 g/mol. The Morgan fingerprint density at radius 2 is 1.96 bits per heavy atom. The highest BCUT2D eigenvalue weighted by Gasteiger charge is 2.41. The topological polar surface area (TPSA) is 78.7 Å². The van der Waals surface area contributed by atoms with Crippen molar-refractivity contribution in [3.63, 3.8) is 0 Å². The van der Waals surface area contributed by atoms with Gasteiger partial charge in [-0.3, -0.25) is 14.9 Å². The molecule has 1 aliphatic rings. The fourth-order valence-electron chi connectivity index (χ4n) is 3.14. The van der Waals surface area contributed by atoms with Crippen molar-refractivity contribution in [1.29, 1.82) is 0 Å². The van der Waals surface area contributed by atoms with Crippen LogP contribution in [0.15, 0.2) is 42.5 Å². The largest absolute Gasteiger partial charge is 0.465 e. The summed E-state index contributed by atoms with van der Waals surface area (Å²) in [6.07, 6.45) is 0. The Bertz CT molecular complexity index is 823. The molecule has 0 bridgehead atoms. The zero-order valence-corrected chi connectivity index (χ0v) is 14.2. The summed E-state index contributed by atoms with van der Waals surface area (Å²) < 4.78 is 11.1. The summed E-state index contributed by atoms with van der Waals surface area (Å²) in [7, 11) is 0. The lowest BCUT2D eigenvalue weighted by Crippen LogP contribution is -2.27. The smallest absolute Gasteiger partial charge is 0.314 e. The Labute approximate surface area is 149 Å². The number of carbonyl (C=O) groups excluding carboxylic acids is 1. The molecule has 6 nitrogen and oxygen atoms in total. The van der Waals surface area contributed by atoms with Crippen molar-refractivity contribution in [3.05, 3.63) is 68.7 Å². The Balaban J connectivity index is 2.23. The number of benzene rings is 2. The first-order valence-corrected chi connectivity index (χ1v) is 8.23. The molecule has 2 unspecified atom stereocenters. The normalized spacial score (nSPS) is 18.3. The first-order valence-electron chi connectivity index (χ1n) is 7.86. The summed E-state index contributed by atoms with van der Waals surface area (Å²) >= 11 is 6.10. The first-order chi connectivity index (χ1) is 12.0. The molecule has 0 fully saturated rings. The summed E-state index contributed by atoms with van der Waals surface area (Å²) in [5, 5.41) is 11.7. The summed E-state index contributed by atoms with van der Waals surface area (Å²) in [6, 6.07) is 11.9. The summed E-state index contributed by atoms with van der Waals surface area (Å²) in [6.45, 7) is 1.45. The van der Waals surface area contributed by atoms with Gasteiger partial charge >= 0.3 is 5.97 Å². The van der Waals surface area contributed by atoms with Gasteiger partial charge in [0.25, 0.3) is 0 Å². The zero-order chi connectivity index (χ0) is 18.0. The highest BCUT2D eigenvalue weighted by atomic mass is 35.5. The lowest BCUT2D eigenvalue weighted by molar-refractivity contribution is -0.483. The molecule has 0 radical (unpaired) electrons. The minimum absolute atomic E-state index is 0.179. The Hall–Kier alpha value is -2.60. The maximum absolute atomic E-state index is 12.7. The van der Waals surface area contributed by atoms with Crippen molar-refractivity contribution in [2.45, 2.75) is 18.8 Å². The van der Waals surface area contributed by atoms with E-state index in [-0.39, 0.29) is 6.61 Å². The molecule has 0 amide bonds. The molecule has 7 heteroatoms. The quantitative estimate of drug-likeness (QED) is 0.464. The molecular formula is C18H16ClNO5. The third-order valence-electron chi connectivity index (χ3n) is 4.13. The van der Waals surface area contributed by atoms with Gasteiger partial charge in [-0.25, -0.2) is 0 Å². The maximum atomic E-state index is 12.7. The van der Waals surface area contributed by atoms with Crippen LogP contribution in [0.25, 0.3) is 0 Å². The van der Waals surface area contributed by atoms with Gasteiger partial charge in [0, 0.05) is 21.1 Å². The van der Waals surface area contributed by atoms with Gasteiger partial charge in [0.2, 0.25) is 6.54 Å². The van der Waals surface area contributed by atoms with Crippen molar-refractivity contribution >= 4 is 17.6 Å². The molecule has 0 saturated carbocycles. The average molecular weight is 362 g/mol. The van der Waals surface area contributed by atoms with E-state index in [0.717, 1.165) is 0 Å². The lowest BCUT2D eigenvalue weighted by atomic mass is 9.81. The van der Waals surface area contributed by atoms with Crippen molar-refractivity contribution in [2.24, 2.45) is 0 Å². The molecule has 2 aromatic carbocycles. The number of nitro groups is 1. The fraction of sp³-hybridized carbons (Fsp3) is 0.278. The lowest BCUT2D eigenvalue weighted by Gasteiger charge is -2.22. The van der Waals surface area contributed by atoms with Gasteiger partial charge in [-0.2, -0.15) is 0 Å². The van der Waals surface area contributed by atoms with Crippen LogP contribution in [-0.4, -0.2) is 24.0 Å². The monoisotopic (exact) mass is 361 g/mol. The summed E-state index contributed by atoms with van der Waals surface area (Å²) in [5.74, 6) is -1.18. The van der Waals surface area contributed by atoms with Crippen molar-refractivity contribution < 1.29 is 19.2 Å². The second kappa shape index (κ2) is 7.11. The molecule has 2 atom stereocenters. The predicted octanol–water partition coefficient (Wildman–Crippen LogP) is 4.15. The molecule has 3 rings (SSSR count). The Morgan fingerprint density at radius 3 is 2.68 bits per heavy atom. The van der Waals surface area contributed by atoms with Gasteiger partial charge in [0.1, 0.15) is 11.5 Å². The van der Waals surface area contributed by atoms with Crippen LogP contribution in [0.1, 0.15) is 29.9 Å². The minimum Gasteiger partial charge on any atom is -0.465 e. The van der Waals surface area contributed by atoms with E-state index in [9.17, 15) is 14.9 Å². The highest BCUT2D eigenvalue weighted by molar-refractivity contribution is 6.30. The van der Waals surface area contributed by atoms with E-state index in [1.165, 1.54) is 0 Å². The van der Waals surface area contributed by atoms with Gasteiger partial charge in [-0.05, 0) is 31.2 Å². The van der Waals surface area contributed by atoms with E-state index in [0.29, 0.717) is 27.6 Å². The van der Waals surface area contributed by atoms with Gasteiger partial charge in [-0.15, -0.1) is 0 Å². The highest BCUT2D eigenvalue weighted by Crippen LogP contribution is 2.47. The van der Waals surface area contributed by atoms with Crippen LogP contribution < -0.4 is 4.74 Å². The average Bonchev–Trinajstić information content (AvgIpc) is 2.69. The number of para-hydroxylation sites is 1. The number of halogens is 1. The minimum atomic E-state index is -0.873. The fourth-order valence-corrected chi connectivity index (χ4v) is 3.32. The zero-order valence-electron chi connectivity index (χ0n) is 13.5. The van der Waals surface area contributed by atoms with Gasteiger partial charge < -0.3 is 9.47 Å². The number of hydrogen-bond acceptors (Lipinski definition) is 5. The van der Waals surface area contributed by atoms with Crippen molar-refractivity contribution in [1.82, 2.24) is 0 Å². The molecule has 130 valence electrons. The molecule has 2 aromatic rings. The van der Waals surface area contributed by atoms with E-state index >= 15 is 0 Å². The molecule has 0 aliphatic carbocycles. The number of nitrogens with zero attached hydrogens (tertiary/aromatic N) is 1. The molecule has 25 heavy (non-hydrogen) atoms. The molecule has 0 saturated heterocycles. The summed E-state index contributed by atoms with van der Waals surface area (Å²) in [4.78, 5) is 23.5. The molecule has 0 spiro atoms. The SMILES string of the molecule is CCOC(=O)C1c2cc(Cl)ccc2Oc2ccccc2C1C[N+](=O)[O-]. The number of hydrogen-bond donors (Lipinski definition) is 0. The van der Waals surface area contributed by atoms with E-state index in [1.807, 2.05) is 0 Å². The van der Waals surface area contributed by atoms with Crippen molar-refractivity contribution in [3.8, 4) is 11.5 Å². The Morgan fingerprint density at radius 1 is 1.24 bits per heavy atom. The molecule has 0 aromatic heterocycles. The molecule has 0 N–H and O–H groups in total. The predicted molar refractivity (Wildman–Crippen MR) is 91.9 cm³/mol. The van der Waals surface area contributed by atoms with Gasteiger partial charge in [0.05, 0.1) is 18.4 Å². The van der Waals surface area contributed by atoms with Crippen LogP contribution in [0.4, 0.5) is 0 Å². The van der Waals surface area contributed by atoms with Gasteiger partial charge in [-0.1, -0.05) is 29.8 Å². The number of esters is 1. The standard InChI is InChI=1S/C18H16ClNO5/c1-2-24-18(21)17-13-9-11(19)7-8-16(13)25-15-6-4-3-5-12(15)14(17)10-20(22)23/h3-9,14,17H,2,10H2,1H3. The second-order valence-electron chi connectivity index (χ2n) is 5.67. The van der Waals surface area contributed by atoms with E-state index in [4.69, 9.17) is 21.1 Å². The van der Waals surface area contributed by atoms with E-state index in [1.54, 1.807) is 49.4 Å². The number of fused-ring (bicyclic) bond motifs is 2. The Kier molecular flexibility index (Phi) is 4.90. The molecule has 1 aliphatic heterocycles. The van der Waals surface area contributed by atoms with Crippen LogP contribution >= 0.6 is 11.6 Å². The van der Waals surface area contributed by atoms with Gasteiger partial charge in [0.15, 0.2) is 0 Å². The van der Waals surface area contributed by atoms with Crippen LogP contribution in [-0.2, 0) is 9.53 Å². The summed E-state index contributed by atoms with van der Waals surface area (Å²) in [5.41, 5.74) is 1.10. The number of carbonyl (C=O) groups is 1. The number of ether oxygens (including phenoxy) is 2. The second-order valence-corrected chi connectivity index (χ2v) is 6.11. The maximum Gasteiger partial charge on any atom is 0.314 e. The van der Waals surface area contributed by atoms with Crippen molar-refractivity contribution in [2.75, 3.05) is 13.2 Å². The molecule has 1 heterocycles. The van der Waals surface area contributed by atoms with Crippen LogP contribution in [0.2, 0.25) is 5.02 Å².